The van der Waals surface area contributed by atoms with Gasteiger partial charge in [-0.1, -0.05) is 18.2 Å². The molecule has 0 amide bonds. The number of carbonyl (C=O) groups is 1. The van der Waals surface area contributed by atoms with Gasteiger partial charge in [-0.05, 0) is 36.1 Å². The average molecular weight is 249 g/mol. The average Bonchev–Trinajstić information content (AvgIpc) is 2.97. The van der Waals surface area contributed by atoms with E-state index in [1.165, 1.54) is 0 Å². The Balaban J connectivity index is 2.06. The van der Waals surface area contributed by atoms with E-state index < -0.39 is 11.4 Å². The minimum Gasteiger partial charge on any atom is -0.545 e. The van der Waals surface area contributed by atoms with Gasteiger partial charge in [0.15, 0.2) is 0 Å². The summed E-state index contributed by atoms with van der Waals surface area (Å²) in [5, 5.41) is 14.5. The van der Waals surface area contributed by atoms with Crippen molar-refractivity contribution in [2.24, 2.45) is 4.99 Å². The van der Waals surface area contributed by atoms with Crippen LogP contribution in [0.2, 0.25) is 0 Å². The lowest BCUT2D eigenvalue weighted by Gasteiger charge is -2.31. The fraction of sp³-hybridized carbons (Fsp3) is 0.0667. The number of carboxylic acid groups (broad SMARTS) is 1. The van der Waals surface area contributed by atoms with E-state index in [2.05, 4.69) is 10.3 Å². The zero-order valence-electron chi connectivity index (χ0n) is 9.88. The summed E-state index contributed by atoms with van der Waals surface area (Å²) in [5.74, 6) is -1.19. The maximum Gasteiger partial charge on any atom is 0.0998 e. The molecule has 1 unspecified atom stereocenters. The number of fused-ring (bicyclic) bond motifs is 1. The van der Waals surface area contributed by atoms with Crippen LogP contribution in [0.15, 0.2) is 65.0 Å². The van der Waals surface area contributed by atoms with Crippen LogP contribution >= 0.6 is 0 Å². The second kappa shape index (κ2) is 3.23. The molecule has 2 heterocycles. The van der Waals surface area contributed by atoms with E-state index >= 15 is 0 Å². The highest BCUT2D eigenvalue weighted by molar-refractivity contribution is 6.28. The van der Waals surface area contributed by atoms with Crippen molar-refractivity contribution in [3.05, 3.63) is 65.5 Å². The summed E-state index contributed by atoms with van der Waals surface area (Å²) >= 11 is 0. The Morgan fingerprint density at radius 2 is 2.11 bits per heavy atom. The number of carbonyl (C=O) groups excluding carboxylic acids is 1. The van der Waals surface area contributed by atoms with Gasteiger partial charge >= 0.3 is 0 Å². The quantitative estimate of drug-likeness (QED) is 0.796. The maximum atomic E-state index is 11.3. The highest BCUT2D eigenvalue weighted by atomic mass is 16.4. The predicted molar refractivity (Wildman–Crippen MR) is 68.7 cm³/mol. The summed E-state index contributed by atoms with van der Waals surface area (Å²) in [6.45, 7) is 0. The lowest BCUT2D eigenvalue weighted by molar-refractivity contribution is -0.298. The molecule has 0 fully saturated rings. The van der Waals surface area contributed by atoms with Gasteiger partial charge in [0.25, 0.3) is 0 Å². The molecule has 1 spiro atoms. The van der Waals surface area contributed by atoms with E-state index in [1.807, 2.05) is 36.5 Å². The van der Waals surface area contributed by atoms with Gasteiger partial charge in [0.05, 0.1) is 22.8 Å². The third-order valence-corrected chi connectivity index (χ3v) is 3.82. The third kappa shape index (κ3) is 1.08. The molecule has 0 bridgehead atoms. The number of hydrogen-bond acceptors (Lipinski definition) is 4. The molecule has 4 heteroatoms. The monoisotopic (exact) mass is 249 g/mol. The van der Waals surface area contributed by atoms with E-state index in [9.17, 15) is 9.90 Å². The molecule has 2 aliphatic heterocycles. The molecule has 0 radical (unpaired) electrons. The van der Waals surface area contributed by atoms with Crippen LogP contribution in [-0.2, 0) is 10.2 Å². The standard InChI is InChI=1S/C15H10N2O2/c18-14(19)9-5-6-12-15(7-8-16-12)10-3-1-2-4-11(10)17-13(9)15/h1-8,16H,(H,18,19)/p-1. The Kier molecular flexibility index (Phi) is 1.75. The van der Waals surface area contributed by atoms with Gasteiger partial charge in [0, 0.05) is 11.3 Å². The van der Waals surface area contributed by atoms with Crippen LogP contribution in [0.4, 0.5) is 5.69 Å². The van der Waals surface area contributed by atoms with Crippen molar-refractivity contribution in [3.8, 4) is 0 Å². The lowest BCUT2D eigenvalue weighted by atomic mass is 9.71. The number of hydrogen-bond donors (Lipinski definition) is 1. The van der Waals surface area contributed by atoms with Gasteiger partial charge in [0.1, 0.15) is 0 Å². The Hall–Kier alpha value is -2.62. The first-order valence-corrected chi connectivity index (χ1v) is 6.00. The number of benzene rings is 1. The summed E-state index contributed by atoms with van der Waals surface area (Å²) in [7, 11) is 0. The van der Waals surface area contributed by atoms with Crippen molar-refractivity contribution in [2.75, 3.05) is 0 Å². The minimum absolute atomic E-state index is 0.147. The summed E-state index contributed by atoms with van der Waals surface area (Å²) < 4.78 is 0. The molecule has 4 nitrogen and oxygen atoms in total. The molecule has 0 saturated carbocycles. The van der Waals surface area contributed by atoms with Gasteiger partial charge in [-0.25, -0.2) is 0 Å². The summed E-state index contributed by atoms with van der Waals surface area (Å²) in [6, 6.07) is 7.71. The second-order valence-corrected chi connectivity index (χ2v) is 4.71. The Morgan fingerprint density at radius 3 is 2.95 bits per heavy atom. The van der Waals surface area contributed by atoms with E-state index in [0.717, 1.165) is 16.9 Å². The molecule has 1 aromatic carbocycles. The summed E-state index contributed by atoms with van der Waals surface area (Å²) in [6.07, 6.45) is 7.12. The zero-order chi connectivity index (χ0) is 13.0. The number of nitrogens with zero attached hydrogens (tertiary/aromatic N) is 1. The van der Waals surface area contributed by atoms with E-state index in [-0.39, 0.29) is 5.57 Å². The van der Waals surface area contributed by atoms with Crippen molar-refractivity contribution in [3.63, 3.8) is 0 Å². The Bertz CT molecular complexity index is 740. The number of nitrogens with one attached hydrogen (secondary N) is 1. The SMILES string of the molecule is O=C([O-])C1=CC=C2NC=CC23C1=Nc1ccccc13. The van der Waals surface area contributed by atoms with Crippen LogP contribution < -0.4 is 10.4 Å². The third-order valence-electron chi connectivity index (χ3n) is 3.82. The fourth-order valence-corrected chi connectivity index (χ4v) is 3.00. The highest BCUT2D eigenvalue weighted by Crippen LogP contribution is 2.50. The van der Waals surface area contributed by atoms with Crippen LogP contribution in [0.25, 0.3) is 0 Å². The molecule has 3 aliphatic rings. The number of rotatable bonds is 1. The largest absolute Gasteiger partial charge is 0.545 e. The van der Waals surface area contributed by atoms with Gasteiger partial charge in [-0.2, -0.15) is 0 Å². The number of aliphatic imine (C=N–C) groups is 1. The number of para-hydroxylation sites is 1. The number of carboxylic acids is 1. The maximum absolute atomic E-state index is 11.3. The summed E-state index contributed by atoms with van der Waals surface area (Å²) in [4.78, 5) is 15.8. The van der Waals surface area contributed by atoms with Gasteiger partial charge in [-0.15, -0.1) is 0 Å². The molecule has 1 aliphatic carbocycles. The molecule has 4 rings (SSSR count). The zero-order valence-corrected chi connectivity index (χ0v) is 9.88. The first kappa shape index (κ1) is 10.3. The topological polar surface area (TPSA) is 64.5 Å². The van der Waals surface area contributed by atoms with Crippen LogP contribution in [0.5, 0.6) is 0 Å². The van der Waals surface area contributed by atoms with E-state index in [1.54, 1.807) is 12.2 Å². The molecule has 0 saturated heterocycles. The van der Waals surface area contributed by atoms with E-state index in [4.69, 9.17) is 0 Å². The first-order valence-electron chi connectivity index (χ1n) is 6.00. The second-order valence-electron chi connectivity index (χ2n) is 4.71. The first-order chi connectivity index (χ1) is 9.23. The Labute approximate surface area is 109 Å². The normalized spacial score (nSPS) is 25.6. The fourth-order valence-electron chi connectivity index (χ4n) is 3.00. The molecular weight excluding hydrogens is 240 g/mol. The van der Waals surface area contributed by atoms with Crippen LogP contribution in [-0.4, -0.2) is 11.7 Å². The van der Waals surface area contributed by atoms with Crippen molar-refractivity contribution >= 4 is 17.4 Å². The van der Waals surface area contributed by atoms with Crippen molar-refractivity contribution in [1.82, 2.24) is 5.32 Å². The molecule has 1 N–H and O–H groups in total. The number of allylic oxidation sites excluding steroid dienone is 3. The predicted octanol–water partition coefficient (Wildman–Crippen LogP) is 0.701. The van der Waals surface area contributed by atoms with Gasteiger partial charge < -0.3 is 15.2 Å². The highest BCUT2D eigenvalue weighted by Gasteiger charge is 2.49. The smallest absolute Gasteiger partial charge is 0.0998 e. The van der Waals surface area contributed by atoms with Crippen LogP contribution in [0, 0.1) is 0 Å². The molecule has 1 atom stereocenters. The molecule has 92 valence electrons. The molecule has 0 aromatic heterocycles. The number of aliphatic carboxylic acids is 1. The minimum atomic E-state index is -1.19. The lowest BCUT2D eigenvalue weighted by Crippen LogP contribution is -2.41. The van der Waals surface area contributed by atoms with Gasteiger partial charge in [-0.3, -0.25) is 4.99 Å². The molecular formula is C15H9N2O2-. The summed E-state index contributed by atoms with van der Waals surface area (Å²) in [5.41, 5.74) is 2.85. The Morgan fingerprint density at radius 1 is 1.26 bits per heavy atom. The van der Waals surface area contributed by atoms with Crippen molar-refractivity contribution < 1.29 is 9.90 Å². The van der Waals surface area contributed by atoms with Crippen LogP contribution in [0.1, 0.15) is 5.56 Å². The molecule has 1 aromatic rings. The molecule has 19 heavy (non-hydrogen) atoms. The van der Waals surface area contributed by atoms with Gasteiger partial charge in [0.2, 0.25) is 0 Å². The van der Waals surface area contributed by atoms with Crippen molar-refractivity contribution in [1.29, 1.82) is 0 Å². The van der Waals surface area contributed by atoms with E-state index in [0.29, 0.717) is 5.71 Å². The van der Waals surface area contributed by atoms with Crippen LogP contribution in [0.3, 0.4) is 0 Å². The van der Waals surface area contributed by atoms with Crippen molar-refractivity contribution in [2.45, 2.75) is 5.41 Å².